The molecule has 4 nitrogen and oxygen atoms in total. The molecule has 0 saturated heterocycles. The van der Waals surface area contributed by atoms with E-state index in [-0.39, 0.29) is 28.4 Å². The molecule has 2 unspecified atom stereocenters. The van der Waals surface area contributed by atoms with Gasteiger partial charge in [0.15, 0.2) is 0 Å². The Kier molecular flexibility index (Phi) is 6.39. The summed E-state index contributed by atoms with van der Waals surface area (Å²) >= 11 is 0. The zero-order valence-corrected chi connectivity index (χ0v) is 18.9. The average molecular weight is 585 g/mol. The summed E-state index contributed by atoms with van der Waals surface area (Å²) in [5, 5.41) is 0. The van der Waals surface area contributed by atoms with Gasteiger partial charge in [-0.2, -0.15) is 0 Å². The van der Waals surface area contributed by atoms with Gasteiger partial charge in [0.1, 0.15) is 0 Å². The number of fused-ring (bicyclic) bond motifs is 4. The minimum Gasteiger partial charge on any atom is -0.514 e. The fourth-order valence-corrected chi connectivity index (χ4v) is 4.09. The molecule has 3 aliphatic rings. The number of hydrogen-bond acceptors (Lipinski definition) is 3. The van der Waals surface area contributed by atoms with Crippen molar-refractivity contribution in [1.82, 2.24) is 14.5 Å². The van der Waals surface area contributed by atoms with Gasteiger partial charge in [-0.3, -0.25) is 12.3 Å². The Hall–Kier alpha value is -3.10. The summed E-state index contributed by atoms with van der Waals surface area (Å²) in [5.41, 5.74) is 6.21. The molecule has 2 aromatic carbocycles. The van der Waals surface area contributed by atoms with Gasteiger partial charge in [-0.15, -0.1) is 17.7 Å². The van der Waals surface area contributed by atoms with Crippen LogP contribution in [0.25, 0.3) is 11.1 Å². The zero-order valence-electron chi connectivity index (χ0n) is 16.7. The summed E-state index contributed by atoms with van der Waals surface area (Å²) in [7, 11) is 0. The Morgan fingerprint density at radius 2 is 1.90 bits per heavy atom. The molecule has 6 rings (SSSR count). The van der Waals surface area contributed by atoms with Gasteiger partial charge < -0.3 is 20.9 Å². The third kappa shape index (κ3) is 4.35. The SMILES string of the molecule is [Au].[C-]#Cc1ccc2c(c1)Cc1ccccc1-2.[C-]1=NC2C=CC=CC2N1Cn1ccnc1. The van der Waals surface area contributed by atoms with Gasteiger partial charge >= 0.3 is 0 Å². The van der Waals surface area contributed by atoms with E-state index in [1.165, 1.54) is 22.3 Å². The summed E-state index contributed by atoms with van der Waals surface area (Å²) in [6, 6.07) is 15.1. The molecule has 2 atom stereocenters. The molecule has 1 aromatic heterocycles. The maximum Gasteiger partial charge on any atom is 0.0959 e. The van der Waals surface area contributed by atoms with Crippen LogP contribution in [0.3, 0.4) is 0 Å². The third-order valence-corrected chi connectivity index (χ3v) is 5.59. The molecule has 0 N–H and O–H groups in total. The number of imidazole rings is 1. The van der Waals surface area contributed by atoms with Crippen LogP contribution in [0.2, 0.25) is 0 Å². The molecule has 3 aromatic rings. The van der Waals surface area contributed by atoms with E-state index >= 15 is 0 Å². The second kappa shape index (κ2) is 9.36. The number of benzene rings is 2. The molecule has 0 amide bonds. The molecule has 2 aliphatic carbocycles. The van der Waals surface area contributed by atoms with E-state index in [2.05, 4.69) is 81.8 Å². The first kappa shape index (κ1) is 21.1. The van der Waals surface area contributed by atoms with E-state index < -0.39 is 0 Å². The molecule has 0 bridgehead atoms. The molecule has 2 heterocycles. The summed E-state index contributed by atoms with van der Waals surface area (Å²) in [6.07, 6.45) is 25.0. The van der Waals surface area contributed by atoms with Gasteiger partial charge in [0.25, 0.3) is 0 Å². The van der Waals surface area contributed by atoms with Crippen molar-refractivity contribution in [1.29, 1.82) is 0 Å². The zero-order chi connectivity index (χ0) is 20.3. The van der Waals surface area contributed by atoms with E-state index in [0.717, 1.165) is 18.7 Å². The molecular weight excluding hydrogens is 565 g/mol. The van der Waals surface area contributed by atoms with Crippen LogP contribution in [0.15, 0.2) is 90.5 Å². The number of allylic oxidation sites excluding steroid dienone is 2. The first-order valence-electron chi connectivity index (χ1n) is 9.98. The first-order chi connectivity index (χ1) is 14.8. The van der Waals surface area contributed by atoms with Crippen molar-refractivity contribution < 1.29 is 22.4 Å². The van der Waals surface area contributed by atoms with Gasteiger partial charge in [-0.25, -0.2) is 4.98 Å². The van der Waals surface area contributed by atoms with Crippen molar-refractivity contribution in [2.24, 2.45) is 4.99 Å². The number of hydrogen-bond donors (Lipinski definition) is 0. The van der Waals surface area contributed by atoms with Crippen LogP contribution in [0.1, 0.15) is 16.7 Å². The van der Waals surface area contributed by atoms with E-state index in [1.54, 1.807) is 12.5 Å². The van der Waals surface area contributed by atoms with Crippen molar-refractivity contribution >= 4 is 6.34 Å². The quantitative estimate of drug-likeness (QED) is 0.202. The maximum atomic E-state index is 7.12. The van der Waals surface area contributed by atoms with E-state index in [9.17, 15) is 0 Å². The van der Waals surface area contributed by atoms with Crippen molar-refractivity contribution in [3.8, 4) is 17.0 Å². The molecule has 0 fully saturated rings. The Balaban J connectivity index is 0.000000144. The van der Waals surface area contributed by atoms with Gasteiger partial charge in [0, 0.05) is 40.8 Å². The van der Waals surface area contributed by atoms with Crippen LogP contribution in [-0.4, -0.2) is 32.9 Å². The standard InChI is InChI=1S/C15H9.C11H11N4.Au/c1-2-11-7-8-15-13(9-11)10-12-5-3-4-6-14(12)15;1-2-4-11-10(3-1)13-8-15(11)9-14-6-5-12-7-14;/h3-9H,10H2;1-7,10-11H,9H2;/q2*-1;. The molecule has 157 valence electrons. The van der Waals surface area contributed by atoms with Crippen LogP contribution >= 0.6 is 0 Å². The second-order valence-corrected chi connectivity index (χ2v) is 7.50. The average Bonchev–Trinajstić information content (AvgIpc) is 3.53. The minimum absolute atomic E-state index is 0. The molecule has 31 heavy (non-hydrogen) atoms. The van der Waals surface area contributed by atoms with Crippen LogP contribution in [0, 0.1) is 12.3 Å². The number of rotatable bonds is 2. The number of aromatic nitrogens is 2. The van der Waals surface area contributed by atoms with Crippen molar-refractivity contribution in [3.05, 3.63) is 109 Å². The Labute approximate surface area is 198 Å². The van der Waals surface area contributed by atoms with Gasteiger partial charge in [0.05, 0.1) is 19.0 Å². The van der Waals surface area contributed by atoms with Crippen molar-refractivity contribution in [3.63, 3.8) is 0 Å². The van der Waals surface area contributed by atoms with E-state index in [0.29, 0.717) is 6.04 Å². The molecule has 1 radical (unpaired) electrons. The summed E-state index contributed by atoms with van der Waals surface area (Å²) < 4.78 is 2.01. The topological polar surface area (TPSA) is 33.4 Å². The first-order valence-corrected chi connectivity index (χ1v) is 9.98. The molecule has 5 heteroatoms. The van der Waals surface area contributed by atoms with Crippen molar-refractivity contribution in [2.45, 2.75) is 25.2 Å². The summed E-state index contributed by atoms with van der Waals surface area (Å²) in [5.74, 6) is 2.43. The largest absolute Gasteiger partial charge is 0.514 e. The predicted molar refractivity (Wildman–Crippen MR) is 118 cm³/mol. The van der Waals surface area contributed by atoms with Crippen LogP contribution in [0.5, 0.6) is 0 Å². The van der Waals surface area contributed by atoms with Crippen LogP contribution in [-0.2, 0) is 35.5 Å². The number of aliphatic imine (C=N–C) groups is 1. The summed E-state index contributed by atoms with van der Waals surface area (Å²) in [6.45, 7) is 0.753. The molecule has 0 spiro atoms. The Bertz CT molecular complexity index is 1180. The Morgan fingerprint density at radius 3 is 2.74 bits per heavy atom. The monoisotopic (exact) mass is 585 g/mol. The van der Waals surface area contributed by atoms with E-state index in [4.69, 9.17) is 6.42 Å². The fourth-order valence-electron chi connectivity index (χ4n) is 4.09. The van der Waals surface area contributed by atoms with Crippen LogP contribution < -0.4 is 0 Å². The van der Waals surface area contributed by atoms with Crippen LogP contribution in [0.4, 0.5) is 0 Å². The molecule has 0 saturated carbocycles. The second-order valence-electron chi connectivity index (χ2n) is 7.50. The van der Waals surface area contributed by atoms with Crippen molar-refractivity contribution in [2.75, 3.05) is 0 Å². The predicted octanol–water partition coefficient (Wildman–Crippen LogP) is 4.12. The maximum absolute atomic E-state index is 7.12. The fraction of sp³-hybridized carbons (Fsp3) is 0.154. The van der Waals surface area contributed by atoms with Gasteiger partial charge in [-0.05, 0) is 23.1 Å². The number of nitrogens with zero attached hydrogens (tertiary/aromatic N) is 4. The third-order valence-electron chi connectivity index (χ3n) is 5.59. The molecule has 1 aliphatic heterocycles. The summed E-state index contributed by atoms with van der Waals surface area (Å²) in [4.78, 5) is 10.4. The Morgan fingerprint density at radius 1 is 1.06 bits per heavy atom. The van der Waals surface area contributed by atoms with Gasteiger partial charge in [0.2, 0.25) is 0 Å². The van der Waals surface area contributed by atoms with Gasteiger partial charge in [-0.1, -0.05) is 60.2 Å². The smallest absolute Gasteiger partial charge is 0.0959 e. The molecular formula is C26H20AuN4-2. The van der Waals surface area contributed by atoms with E-state index in [1.807, 2.05) is 22.9 Å². The minimum atomic E-state index is 0. The normalized spacial score (nSPS) is 18.9.